The van der Waals surface area contributed by atoms with E-state index in [1.54, 1.807) is 6.08 Å². The Kier molecular flexibility index (Phi) is 2.38. The van der Waals surface area contributed by atoms with E-state index in [2.05, 4.69) is 11.1 Å². The maximum absolute atomic E-state index is 10.4. The van der Waals surface area contributed by atoms with E-state index in [0.717, 1.165) is 29.5 Å². The SMILES string of the molecule is Cc1cc(C2(N=C=O)CC2)cc(C#N)c1C. The molecule has 1 aliphatic carbocycles. The van der Waals surface area contributed by atoms with Crippen LogP contribution in [-0.4, -0.2) is 6.08 Å². The van der Waals surface area contributed by atoms with E-state index >= 15 is 0 Å². The minimum atomic E-state index is -0.383. The van der Waals surface area contributed by atoms with Gasteiger partial charge < -0.3 is 0 Å². The molecule has 0 heterocycles. The molecule has 0 unspecified atom stereocenters. The number of rotatable bonds is 2. The largest absolute Gasteiger partial charge is 0.235 e. The van der Waals surface area contributed by atoms with Crippen molar-refractivity contribution in [1.29, 1.82) is 5.26 Å². The molecule has 0 aromatic heterocycles. The second kappa shape index (κ2) is 3.59. The summed E-state index contributed by atoms with van der Waals surface area (Å²) in [6.07, 6.45) is 3.37. The van der Waals surface area contributed by atoms with Gasteiger partial charge in [-0.05, 0) is 49.4 Å². The predicted molar refractivity (Wildman–Crippen MR) is 59.7 cm³/mol. The van der Waals surface area contributed by atoms with Crippen LogP contribution in [0.1, 0.15) is 35.1 Å². The van der Waals surface area contributed by atoms with E-state index in [4.69, 9.17) is 5.26 Å². The molecule has 2 rings (SSSR count). The summed E-state index contributed by atoms with van der Waals surface area (Å²) in [6.45, 7) is 3.90. The van der Waals surface area contributed by atoms with Gasteiger partial charge in [-0.1, -0.05) is 6.07 Å². The second-order valence-corrected chi connectivity index (χ2v) is 4.31. The summed E-state index contributed by atoms with van der Waals surface area (Å²) in [5.74, 6) is 0. The monoisotopic (exact) mass is 212 g/mol. The Hall–Kier alpha value is -1.91. The quantitative estimate of drug-likeness (QED) is 0.558. The average Bonchev–Trinajstić information content (AvgIpc) is 3.03. The molecule has 0 aliphatic heterocycles. The van der Waals surface area contributed by atoms with Crippen molar-refractivity contribution in [1.82, 2.24) is 0 Å². The lowest BCUT2D eigenvalue weighted by atomic mass is 9.95. The van der Waals surface area contributed by atoms with Crippen molar-refractivity contribution in [3.8, 4) is 6.07 Å². The van der Waals surface area contributed by atoms with E-state index in [1.807, 2.05) is 26.0 Å². The van der Waals surface area contributed by atoms with Crippen LogP contribution >= 0.6 is 0 Å². The highest BCUT2D eigenvalue weighted by atomic mass is 16.1. The van der Waals surface area contributed by atoms with Crippen LogP contribution in [-0.2, 0) is 10.3 Å². The number of nitriles is 1. The summed E-state index contributed by atoms with van der Waals surface area (Å²) in [5.41, 5.74) is 3.32. The van der Waals surface area contributed by atoms with Gasteiger partial charge in [-0.15, -0.1) is 0 Å². The van der Waals surface area contributed by atoms with Gasteiger partial charge in [-0.2, -0.15) is 10.3 Å². The highest BCUT2D eigenvalue weighted by Crippen LogP contribution is 2.49. The first-order chi connectivity index (χ1) is 7.63. The Bertz CT molecular complexity index is 530. The van der Waals surface area contributed by atoms with E-state index in [1.165, 1.54) is 0 Å². The lowest BCUT2D eigenvalue weighted by Crippen LogP contribution is -2.04. The molecule has 1 aromatic carbocycles. The number of benzene rings is 1. The fourth-order valence-electron chi connectivity index (χ4n) is 1.91. The summed E-state index contributed by atoms with van der Waals surface area (Å²) in [5, 5.41) is 9.03. The smallest absolute Gasteiger partial charge is 0.211 e. The Balaban J connectivity index is 2.56. The van der Waals surface area contributed by atoms with Gasteiger partial charge in [0.25, 0.3) is 0 Å². The number of aliphatic imine (C=N–C) groups is 1. The molecule has 0 spiro atoms. The van der Waals surface area contributed by atoms with Gasteiger partial charge in [0.1, 0.15) is 0 Å². The molecule has 1 fully saturated rings. The number of nitrogens with zero attached hydrogens (tertiary/aromatic N) is 2. The molecular formula is C13H12N2O. The molecule has 0 atom stereocenters. The highest BCUT2D eigenvalue weighted by Gasteiger charge is 2.45. The number of carbonyl (C=O) groups excluding carboxylic acids is 1. The molecule has 0 bridgehead atoms. The highest BCUT2D eigenvalue weighted by molar-refractivity contribution is 5.49. The first-order valence-electron chi connectivity index (χ1n) is 5.24. The fourth-order valence-corrected chi connectivity index (χ4v) is 1.91. The topological polar surface area (TPSA) is 53.2 Å². The summed E-state index contributed by atoms with van der Waals surface area (Å²) >= 11 is 0. The molecule has 80 valence electrons. The van der Waals surface area contributed by atoms with Crippen LogP contribution in [0.15, 0.2) is 17.1 Å². The molecule has 0 saturated heterocycles. The third-order valence-electron chi connectivity index (χ3n) is 3.31. The molecule has 1 aliphatic rings. The predicted octanol–water partition coefficient (Wildman–Crippen LogP) is 2.50. The summed E-state index contributed by atoms with van der Waals surface area (Å²) in [6, 6.07) is 6.04. The lowest BCUT2D eigenvalue weighted by molar-refractivity contribution is 0.556. The maximum Gasteiger partial charge on any atom is 0.235 e. The zero-order chi connectivity index (χ0) is 11.8. The van der Waals surface area contributed by atoms with Crippen LogP contribution in [0.4, 0.5) is 0 Å². The van der Waals surface area contributed by atoms with Crippen molar-refractivity contribution < 1.29 is 4.79 Å². The van der Waals surface area contributed by atoms with Gasteiger partial charge in [0, 0.05) is 0 Å². The molecule has 3 nitrogen and oxygen atoms in total. The fraction of sp³-hybridized carbons (Fsp3) is 0.385. The van der Waals surface area contributed by atoms with Crippen LogP contribution in [0, 0.1) is 25.2 Å². The van der Waals surface area contributed by atoms with Crippen molar-refractivity contribution in [3.63, 3.8) is 0 Å². The molecule has 1 aromatic rings. The first kappa shape index (κ1) is 10.6. The summed E-state index contributed by atoms with van der Waals surface area (Å²) in [7, 11) is 0. The molecule has 0 N–H and O–H groups in total. The van der Waals surface area contributed by atoms with Crippen LogP contribution in [0.25, 0.3) is 0 Å². The van der Waals surface area contributed by atoms with Crippen molar-refractivity contribution in [3.05, 3.63) is 34.4 Å². The van der Waals surface area contributed by atoms with Gasteiger partial charge in [-0.3, -0.25) is 0 Å². The Morgan fingerprint density at radius 3 is 2.56 bits per heavy atom. The molecular weight excluding hydrogens is 200 g/mol. The number of hydrogen-bond donors (Lipinski definition) is 0. The van der Waals surface area contributed by atoms with Crippen LogP contribution in [0.2, 0.25) is 0 Å². The summed E-state index contributed by atoms with van der Waals surface area (Å²) in [4.78, 5) is 14.3. The molecule has 0 radical (unpaired) electrons. The number of hydrogen-bond acceptors (Lipinski definition) is 3. The summed E-state index contributed by atoms with van der Waals surface area (Å²) < 4.78 is 0. The van der Waals surface area contributed by atoms with Crippen LogP contribution in [0.3, 0.4) is 0 Å². The average molecular weight is 212 g/mol. The standard InChI is InChI=1S/C13H12N2O/c1-9-5-12(6-11(7-14)10(9)2)13(3-4-13)15-8-16/h5-6H,3-4H2,1-2H3. The van der Waals surface area contributed by atoms with Crippen molar-refractivity contribution in [2.24, 2.45) is 4.99 Å². The van der Waals surface area contributed by atoms with Gasteiger partial charge in [0.15, 0.2) is 0 Å². The van der Waals surface area contributed by atoms with Crippen molar-refractivity contribution in [2.45, 2.75) is 32.2 Å². The van der Waals surface area contributed by atoms with Gasteiger partial charge in [0.05, 0.1) is 17.2 Å². The molecule has 3 heteroatoms. The van der Waals surface area contributed by atoms with Crippen molar-refractivity contribution >= 4 is 6.08 Å². The zero-order valence-corrected chi connectivity index (χ0v) is 9.37. The number of aryl methyl sites for hydroxylation is 1. The van der Waals surface area contributed by atoms with Crippen LogP contribution in [0.5, 0.6) is 0 Å². The third kappa shape index (κ3) is 1.54. The van der Waals surface area contributed by atoms with Crippen LogP contribution < -0.4 is 0 Å². The van der Waals surface area contributed by atoms with Gasteiger partial charge >= 0.3 is 0 Å². The Morgan fingerprint density at radius 2 is 2.06 bits per heavy atom. The first-order valence-corrected chi connectivity index (χ1v) is 5.24. The maximum atomic E-state index is 10.4. The molecule has 16 heavy (non-hydrogen) atoms. The third-order valence-corrected chi connectivity index (χ3v) is 3.31. The number of isocyanates is 1. The van der Waals surface area contributed by atoms with Gasteiger partial charge in [0.2, 0.25) is 6.08 Å². The van der Waals surface area contributed by atoms with E-state index < -0.39 is 0 Å². The van der Waals surface area contributed by atoms with E-state index in [0.29, 0.717) is 5.56 Å². The Labute approximate surface area is 94.4 Å². The minimum Gasteiger partial charge on any atom is -0.211 e. The molecule has 1 saturated carbocycles. The normalized spacial score (nSPS) is 16.1. The van der Waals surface area contributed by atoms with E-state index in [-0.39, 0.29) is 5.54 Å². The lowest BCUT2D eigenvalue weighted by Gasteiger charge is -2.12. The second-order valence-electron chi connectivity index (χ2n) is 4.31. The minimum absolute atomic E-state index is 0.383. The zero-order valence-electron chi connectivity index (χ0n) is 9.37. The Morgan fingerprint density at radius 1 is 1.38 bits per heavy atom. The molecule has 0 amide bonds. The van der Waals surface area contributed by atoms with Gasteiger partial charge in [-0.25, -0.2) is 4.79 Å². The van der Waals surface area contributed by atoms with Crippen molar-refractivity contribution in [2.75, 3.05) is 0 Å². The van der Waals surface area contributed by atoms with E-state index in [9.17, 15) is 4.79 Å².